The molecule has 0 fully saturated rings. The van der Waals surface area contributed by atoms with Crippen LogP contribution in [0.2, 0.25) is 0 Å². The lowest BCUT2D eigenvalue weighted by Gasteiger charge is -2.39. The summed E-state index contributed by atoms with van der Waals surface area (Å²) in [6, 6.07) is 118. The van der Waals surface area contributed by atoms with E-state index >= 15 is 0 Å². The fourth-order valence-corrected chi connectivity index (χ4v) is 15.1. The van der Waals surface area contributed by atoms with Crippen molar-refractivity contribution in [3.8, 4) is 61.3 Å². The molecule has 1 unspecified atom stereocenters. The monoisotopic (exact) mass is 1040 g/mol. The van der Waals surface area contributed by atoms with Crippen molar-refractivity contribution in [1.82, 2.24) is 4.57 Å². The first-order valence-corrected chi connectivity index (χ1v) is 28.6. The largest absolute Gasteiger partial charge is 0.309 e. The SMILES string of the molecule is c1ccc(-c2ccccc2-c2ccccc2N(c2cccc(-c3ccc4c(c3)C3(c5ccccc5-4)c4ccccc4-n4c5ccccc5c5cccc3c54)c2)c2cccc3c2-c2ccccc2C3(c2ccccc2)c2ccccc2)cc1. The fraction of sp³-hybridized carbons (Fsp3) is 0.0250. The Morgan fingerprint density at radius 3 is 1.56 bits per heavy atom. The molecule has 2 aliphatic carbocycles. The van der Waals surface area contributed by atoms with Gasteiger partial charge >= 0.3 is 0 Å². The van der Waals surface area contributed by atoms with Crippen LogP contribution in [0, 0.1) is 0 Å². The summed E-state index contributed by atoms with van der Waals surface area (Å²) < 4.78 is 2.53. The van der Waals surface area contributed by atoms with Crippen molar-refractivity contribution in [3.63, 3.8) is 0 Å². The van der Waals surface area contributed by atoms with Gasteiger partial charge in [-0.3, -0.25) is 0 Å². The van der Waals surface area contributed by atoms with E-state index in [1.54, 1.807) is 0 Å². The molecule has 0 amide bonds. The van der Waals surface area contributed by atoms with Gasteiger partial charge in [0.25, 0.3) is 0 Å². The predicted molar refractivity (Wildman–Crippen MR) is 340 cm³/mol. The van der Waals surface area contributed by atoms with Gasteiger partial charge in [-0.1, -0.05) is 273 Å². The molecule has 1 aromatic heterocycles. The van der Waals surface area contributed by atoms with E-state index < -0.39 is 10.8 Å². The molecule has 1 atom stereocenters. The van der Waals surface area contributed by atoms with Crippen molar-refractivity contribution in [2.24, 2.45) is 0 Å². The molecular formula is C80H52N2. The zero-order valence-corrected chi connectivity index (χ0v) is 44.9. The normalized spacial score (nSPS) is 14.7. The van der Waals surface area contributed by atoms with E-state index in [9.17, 15) is 0 Å². The smallest absolute Gasteiger partial charge is 0.0754 e. The minimum Gasteiger partial charge on any atom is -0.309 e. The van der Waals surface area contributed by atoms with Crippen LogP contribution in [-0.4, -0.2) is 4.57 Å². The van der Waals surface area contributed by atoms with Crippen molar-refractivity contribution < 1.29 is 0 Å². The lowest BCUT2D eigenvalue weighted by Crippen LogP contribution is -2.33. The van der Waals surface area contributed by atoms with Crippen LogP contribution in [0.15, 0.2) is 315 Å². The van der Waals surface area contributed by atoms with Crippen LogP contribution in [0.5, 0.6) is 0 Å². The summed E-state index contributed by atoms with van der Waals surface area (Å²) in [6.07, 6.45) is 0. The van der Waals surface area contributed by atoms with Crippen LogP contribution in [0.25, 0.3) is 83.1 Å². The number of aromatic nitrogens is 1. The first-order valence-electron chi connectivity index (χ1n) is 28.6. The highest BCUT2D eigenvalue weighted by Crippen LogP contribution is 2.63. The van der Waals surface area contributed by atoms with Gasteiger partial charge in [0.05, 0.1) is 38.9 Å². The average molecular weight is 1040 g/mol. The van der Waals surface area contributed by atoms with Gasteiger partial charge in [0.15, 0.2) is 0 Å². The molecule has 0 N–H and O–H groups in total. The Bertz CT molecular complexity index is 4840. The Balaban J connectivity index is 0.920. The summed E-state index contributed by atoms with van der Waals surface area (Å²) in [5.41, 5.74) is 28.2. The van der Waals surface area contributed by atoms with E-state index in [1.807, 2.05) is 0 Å². The van der Waals surface area contributed by atoms with Crippen LogP contribution in [0.1, 0.15) is 44.5 Å². The summed E-state index contributed by atoms with van der Waals surface area (Å²) in [7, 11) is 0. The van der Waals surface area contributed by atoms with Gasteiger partial charge in [-0.2, -0.15) is 0 Å². The predicted octanol–water partition coefficient (Wildman–Crippen LogP) is 20.3. The minimum atomic E-state index is -0.578. The third kappa shape index (κ3) is 6.35. The van der Waals surface area contributed by atoms with Crippen molar-refractivity contribution >= 4 is 38.9 Å². The van der Waals surface area contributed by atoms with Crippen molar-refractivity contribution in [2.75, 3.05) is 4.90 Å². The molecule has 2 heterocycles. The Morgan fingerprint density at radius 2 is 0.780 bits per heavy atom. The zero-order valence-electron chi connectivity index (χ0n) is 44.9. The number of rotatable bonds is 8. The van der Waals surface area contributed by atoms with Crippen molar-refractivity contribution in [3.05, 3.63) is 360 Å². The standard InChI is InChI=1S/C80H52N2/c1-4-25-53(26-5-1)59-33-10-11-34-60(59)63-36-14-19-45-73(63)81(76-48-24-43-70-77(76)66-38-13-17-41-68(66)79(70,56-28-6-2-7-29-56)57-30-8-3-9-31-57)58-32-22-27-54(51-58)55-49-50-62-61-35-12-16-40-67(61)80(72(62)52-55)69-42-18-21-47-75(69)82-74-46-20-15-37-64(74)65-39-23-44-71(80)78(65)82/h1-52H. The third-order valence-corrected chi connectivity index (χ3v) is 18.3. The molecule has 0 saturated heterocycles. The van der Waals surface area contributed by atoms with E-state index in [2.05, 4.69) is 325 Å². The van der Waals surface area contributed by atoms with Crippen LogP contribution in [0.3, 0.4) is 0 Å². The Hall–Kier alpha value is -10.5. The van der Waals surface area contributed by atoms with Gasteiger partial charge in [0.2, 0.25) is 0 Å². The molecule has 0 bridgehead atoms. The highest BCUT2D eigenvalue weighted by molar-refractivity contribution is 6.13. The van der Waals surface area contributed by atoms with E-state index in [4.69, 9.17) is 0 Å². The molecule has 3 aliphatic rings. The van der Waals surface area contributed by atoms with E-state index in [-0.39, 0.29) is 0 Å². The topological polar surface area (TPSA) is 8.17 Å². The maximum atomic E-state index is 2.56. The Labute approximate surface area is 477 Å². The number of hydrogen-bond acceptors (Lipinski definition) is 1. The first-order chi connectivity index (χ1) is 40.7. The molecule has 1 spiro atoms. The third-order valence-electron chi connectivity index (χ3n) is 18.3. The Morgan fingerprint density at radius 1 is 0.268 bits per heavy atom. The van der Waals surface area contributed by atoms with E-state index in [0.717, 1.165) is 28.2 Å². The molecule has 17 rings (SSSR count). The molecule has 1 aliphatic heterocycles. The lowest BCUT2D eigenvalue weighted by atomic mass is 9.65. The minimum absolute atomic E-state index is 0.570. The molecule has 0 saturated carbocycles. The quantitative estimate of drug-likeness (QED) is 0.147. The number of fused-ring (bicyclic) bond motifs is 15. The second-order valence-corrected chi connectivity index (χ2v) is 22.2. The molecule has 13 aromatic carbocycles. The zero-order chi connectivity index (χ0) is 53.9. The van der Waals surface area contributed by atoms with E-state index in [1.165, 1.54) is 117 Å². The van der Waals surface area contributed by atoms with Crippen molar-refractivity contribution in [1.29, 1.82) is 0 Å². The highest BCUT2D eigenvalue weighted by Gasteiger charge is 2.51. The summed E-state index contributed by atoms with van der Waals surface area (Å²) >= 11 is 0. The highest BCUT2D eigenvalue weighted by atomic mass is 15.1. The van der Waals surface area contributed by atoms with E-state index in [0.29, 0.717) is 0 Å². The van der Waals surface area contributed by atoms with Gasteiger partial charge in [-0.15, -0.1) is 0 Å². The van der Waals surface area contributed by atoms with Crippen LogP contribution in [0.4, 0.5) is 17.1 Å². The molecule has 2 heteroatoms. The molecule has 2 nitrogen and oxygen atoms in total. The van der Waals surface area contributed by atoms with Crippen LogP contribution >= 0.6 is 0 Å². The average Bonchev–Trinajstić information content (AvgIpc) is 3.32. The van der Waals surface area contributed by atoms with Crippen LogP contribution in [-0.2, 0) is 10.8 Å². The maximum Gasteiger partial charge on any atom is 0.0754 e. The maximum absolute atomic E-state index is 2.56. The number of hydrogen-bond donors (Lipinski definition) is 0. The molecule has 82 heavy (non-hydrogen) atoms. The molecule has 14 aromatic rings. The van der Waals surface area contributed by atoms with Gasteiger partial charge in [-0.05, 0) is 131 Å². The van der Waals surface area contributed by atoms with Gasteiger partial charge < -0.3 is 9.47 Å². The Kier molecular flexibility index (Phi) is 10.2. The molecular weight excluding hydrogens is 989 g/mol. The number of anilines is 3. The fourth-order valence-electron chi connectivity index (χ4n) is 15.1. The van der Waals surface area contributed by atoms with Gasteiger partial charge in [0.1, 0.15) is 0 Å². The second-order valence-electron chi connectivity index (χ2n) is 22.2. The summed E-state index contributed by atoms with van der Waals surface area (Å²) in [4.78, 5) is 2.56. The number of nitrogens with zero attached hydrogens (tertiary/aromatic N) is 2. The molecule has 0 radical (unpaired) electrons. The summed E-state index contributed by atoms with van der Waals surface area (Å²) in [5.74, 6) is 0. The summed E-state index contributed by atoms with van der Waals surface area (Å²) in [6.45, 7) is 0. The van der Waals surface area contributed by atoms with Crippen LogP contribution < -0.4 is 4.90 Å². The first kappa shape index (κ1) is 46.4. The molecule has 382 valence electrons. The van der Waals surface area contributed by atoms with Crippen molar-refractivity contribution in [2.45, 2.75) is 10.8 Å². The number of para-hydroxylation sites is 4. The summed E-state index contributed by atoms with van der Waals surface area (Å²) in [5, 5.41) is 2.56. The van der Waals surface area contributed by atoms with Gasteiger partial charge in [0, 0.05) is 27.6 Å². The van der Waals surface area contributed by atoms with Gasteiger partial charge in [-0.25, -0.2) is 0 Å². The number of benzene rings is 13. The second kappa shape index (κ2) is 18.0. The lowest BCUT2D eigenvalue weighted by molar-refractivity contribution is 0.749.